The van der Waals surface area contributed by atoms with Crippen LogP contribution in [0.4, 0.5) is 18.9 Å². The number of amides is 1. The third kappa shape index (κ3) is 8.92. The molecule has 16 heteroatoms. The first-order chi connectivity index (χ1) is 24.6. The van der Waals surface area contributed by atoms with E-state index in [1.54, 1.807) is 71.8 Å². The van der Waals surface area contributed by atoms with Gasteiger partial charge in [0, 0.05) is 48.2 Å². The van der Waals surface area contributed by atoms with Gasteiger partial charge in [0.15, 0.2) is 5.17 Å². The van der Waals surface area contributed by atoms with Crippen LogP contribution in [0.2, 0.25) is 0 Å². The first-order valence-electron chi connectivity index (χ1n) is 15.6. The normalized spacial score (nSPS) is 17.0. The molecule has 0 saturated heterocycles. The van der Waals surface area contributed by atoms with E-state index in [1.165, 1.54) is 6.20 Å². The Morgan fingerprint density at radius 3 is 2.10 bits per heavy atom. The molecule has 0 aliphatic carbocycles. The number of ether oxygens (including phenoxy) is 5. The number of halogens is 3. The zero-order valence-corrected chi connectivity index (χ0v) is 29.4. The van der Waals surface area contributed by atoms with Gasteiger partial charge in [0.25, 0.3) is 12.3 Å². The largest absolute Gasteiger partial charge is 0.497 e. The molecule has 4 aromatic rings. The molecule has 1 N–H and O–H groups in total. The topological polar surface area (TPSA) is 130 Å². The third-order valence-corrected chi connectivity index (χ3v) is 9.33. The fourth-order valence-corrected chi connectivity index (χ4v) is 6.74. The summed E-state index contributed by atoms with van der Waals surface area (Å²) in [5.41, 5.74) is 0.973. The molecule has 12 nitrogen and oxygen atoms in total. The molecule has 2 aromatic carbocycles. The maximum atomic E-state index is 14.7. The van der Waals surface area contributed by atoms with Crippen LogP contribution in [-0.4, -0.2) is 77.9 Å². The van der Waals surface area contributed by atoms with Crippen LogP contribution in [0.25, 0.3) is 0 Å². The van der Waals surface area contributed by atoms with Crippen LogP contribution in [0.1, 0.15) is 40.7 Å². The monoisotopic (exact) mass is 726 g/mol. The van der Waals surface area contributed by atoms with Crippen molar-refractivity contribution in [1.29, 1.82) is 0 Å². The average molecular weight is 727 g/mol. The number of hydrogen-bond donors (Lipinski definition) is 1. The number of aromatic nitrogens is 3. The van der Waals surface area contributed by atoms with E-state index in [4.69, 9.17) is 23.9 Å². The van der Waals surface area contributed by atoms with Gasteiger partial charge in [-0.3, -0.25) is 9.78 Å². The molecule has 0 fully saturated rings. The number of pyridine rings is 1. The zero-order valence-electron chi connectivity index (χ0n) is 28.6. The number of thioether (sulfide) groups is 1. The summed E-state index contributed by atoms with van der Waals surface area (Å²) in [4.78, 5) is 32.3. The van der Waals surface area contributed by atoms with E-state index in [0.29, 0.717) is 39.5 Å². The van der Waals surface area contributed by atoms with Crippen molar-refractivity contribution in [2.75, 3.05) is 40.6 Å². The second-order valence-electron chi connectivity index (χ2n) is 11.5. The first-order valence-corrected chi connectivity index (χ1v) is 16.5. The molecule has 0 unspecified atom stereocenters. The van der Waals surface area contributed by atoms with Gasteiger partial charge in [-0.05, 0) is 49.7 Å². The van der Waals surface area contributed by atoms with Crippen molar-refractivity contribution in [2.24, 2.45) is 4.99 Å². The van der Waals surface area contributed by atoms with E-state index in [9.17, 15) is 18.0 Å². The van der Waals surface area contributed by atoms with E-state index < -0.39 is 30.0 Å². The molecule has 1 aliphatic rings. The summed E-state index contributed by atoms with van der Waals surface area (Å²) in [6, 6.07) is 14.0. The molecule has 1 aliphatic heterocycles. The second kappa shape index (κ2) is 16.6. The lowest BCUT2D eigenvalue weighted by Crippen LogP contribution is -2.40. The number of carbonyl (C=O) groups is 1. The predicted molar refractivity (Wildman–Crippen MR) is 186 cm³/mol. The van der Waals surface area contributed by atoms with Crippen molar-refractivity contribution >= 4 is 28.5 Å². The highest BCUT2D eigenvalue weighted by Crippen LogP contribution is 2.43. The molecule has 0 spiro atoms. The molecule has 51 heavy (non-hydrogen) atoms. The van der Waals surface area contributed by atoms with Gasteiger partial charge in [0.05, 0.1) is 51.8 Å². The van der Waals surface area contributed by atoms with Gasteiger partial charge in [0.2, 0.25) is 12.7 Å². The second-order valence-corrected chi connectivity index (χ2v) is 12.7. The minimum Gasteiger partial charge on any atom is -0.497 e. The Kier molecular flexibility index (Phi) is 12.1. The lowest BCUT2D eigenvalue weighted by molar-refractivity contribution is 0.102. The zero-order chi connectivity index (χ0) is 36.5. The summed E-state index contributed by atoms with van der Waals surface area (Å²) < 4.78 is 68.6. The number of nitrogens with one attached hydrogen (secondary N) is 1. The summed E-state index contributed by atoms with van der Waals surface area (Å²) in [6.45, 7) is 1.13. The van der Waals surface area contributed by atoms with Crippen LogP contribution in [0, 0.1) is 0 Å². The predicted octanol–water partition coefficient (Wildman–Crippen LogP) is 6.51. The number of rotatable bonds is 14. The van der Waals surface area contributed by atoms with Gasteiger partial charge in [-0.2, -0.15) is 0 Å². The highest BCUT2D eigenvalue weighted by atomic mass is 32.2. The molecule has 0 saturated carbocycles. The first kappa shape index (κ1) is 37.0. The van der Waals surface area contributed by atoms with E-state index >= 15 is 0 Å². The Hall–Kier alpha value is -5.25. The van der Waals surface area contributed by atoms with E-state index in [2.05, 4.69) is 25.0 Å². The van der Waals surface area contributed by atoms with Crippen molar-refractivity contribution < 1.29 is 41.7 Å². The number of anilines is 1. The van der Waals surface area contributed by atoms with Gasteiger partial charge in [-0.25, -0.2) is 28.1 Å². The van der Waals surface area contributed by atoms with Crippen LogP contribution < -0.4 is 29.0 Å². The summed E-state index contributed by atoms with van der Waals surface area (Å²) >= 11 is 0.991. The number of nitrogens with zero attached hydrogens (tertiary/aromatic N) is 5. The molecule has 0 radical (unpaired) electrons. The lowest BCUT2D eigenvalue weighted by atomic mass is 9.91. The van der Waals surface area contributed by atoms with Crippen molar-refractivity contribution in [3.63, 3.8) is 0 Å². The Balaban J connectivity index is 1.53. The van der Waals surface area contributed by atoms with E-state index in [0.717, 1.165) is 35.3 Å². The number of carbonyl (C=O) groups excluding carboxylic acids is 1. The molecule has 2 aromatic heterocycles. The van der Waals surface area contributed by atoms with Crippen molar-refractivity contribution in [1.82, 2.24) is 19.9 Å². The summed E-state index contributed by atoms with van der Waals surface area (Å²) in [5, 5.41) is 1.94. The summed E-state index contributed by atoms with van der Waals surface area (Å²) in [5.74, 6) is 1.63. The quantitative estimate of drug-likeness (QED) is 0.153. The van der Waals surface area contributed by atoms with Crippen LogP contribution >= 0.6 is 11.8 Å². The van der Waals surface area contributed by atoms with Crippen LogP contribution in [0.5, 0.6) is 28.9 Å². The fourth-order valence-electron chi connectivity index (χ4n) is 5.43. The molecular weight excluding hydrogens is 689 g/mol. The van der Waals surface area contributed by atoms with E-state index in [1.807, 2.05) is 17.0 Å². The summed E-state index contributed by atoms with van der Waals surface area (Å²) in [6.07, 6.45) is 1.03. The number of alkyl halides is 3. The van der Waals surface area contributed by atoms with Gasteiger partial charge < -0.3 is 33.9 Å². The molecule has 1 amide bonds. The van der Waals surface area contributed by atoms with Crippen molar-refractivity contribution in [3.05, 3.63) is 89.6 Å². The smallest absolute Gasteiger partial charge is 0.275 e. The number of benzene rings is 2. The maximum absolute atomic E-state index is 14.7. The molecular formula is C35H37F3N6O6S. The third-order valence-electron chi connectivity index (χ3n) is 8.09. The maximum Gasteiger partial charge on any atom is 0.275 e. The molecule has 3 heterocycles. The fraction of sp³-hybridized carbons (Fsp3) is 0.343. The highest BCUT2D eigenvalue weighted by molar-refractivity contribution is 8.14. The number of amidine groups is 1. The number of hydrogen-bond acceptors (Lipinski definition) is 12. The molecule has 2 atom stereocenters. The Bertz CT molecular complexity index is 1800. The minimum atomic E-state index is -2.68. The van der Waals surface area contributed by atoms with Crippen molar-refractivity contribution in [2.45, 2.75) is 43.6 Å². The van der Waals surface area contributed by atoms with Crippen LogP contribution in [-0.2, 0) is 18.6 Å². The molecule has 5 rings (SSSR count). The Morgan fingerprint density at radius 2 is 1.57 bits per heavy atom. The lowest BCUT2D eigenvalue weighted by Gasteiger charge is -2.38. The summed E-state index contributed by atoms with van der Waals surface area (Å²) in [7, 11) is 6.21. The Labute approximate surface area is 297 Å². The van der Waals surface area contributed by atoms with E-state index in [-0.39, 0.29) is 31.1 Å². The number of aliphatic imine (C=N–C) groups is 1. The average Bonchev–Trinajstić information content (AvgIpc) is 3.15. The SMILES string of the molecule is COc1ccc(CN(Cc2ccc(OC)cc2OC)C2=N[C@](C)(c3cc(NC(=O)c4cnc(OCF)cn4)ccn3)C[C@@H](C(F)F)S2)c(OC)c1. The Morgan fingerprint density at radius 1 is 0.922 bits per heavy atom. The minimum absolute atomic E-state index is 0.0315. The number of methoxy groups -OCH3 is 4. The van der Waals surface area contributed by atoms with Gasteiger partial charge in [-0.1, -0.05) is 11.8 Å². The van der Waals surface area contributed by atoms with Crippen LogP contribution in [0.15, 0.2) is 72.1 Å². The van der Waals surface area contributed by atoms with Gasteiger partial charge >= 0.3 is 0 Å². The van der Waals surface area contributed by atoms with Gasteiger partial charge in [0.1, 0.15) is 34.2 Å². The molecule has 270 valence electrons. The highest BCUT2D eigenvalue weighted by Gasteiger charge is 2.42. The molecule has 0 bridgehead atoms. The van der Waals surface area contributed by atoms with Gasteiger partial charge in [-0.15, -0.1) is 0 Å². The van der Waals surface area contributed by atoms with Crippen LogP contribution in [0.3, 0.4) is 0 Å². The van der Waals surface area contributed by atoms with Crippen molar-refractivity contribution in [3.8, 4) is 28.9 Å². The standard InChI is InChI=1S/C35H37F3N6O6S/c1-35(30-12-23(10-11-39-30)42-33(45)26-16-41-31(17-40-26)50-20-36)15-29(32(37)38)51-34(43-35)44(18-21-6-8-24(46-2)13-27(21)48-4)19-22-7-9-25(47-3)14-28(22)49-5/h6-14,16-17,29,32H,15,18-20H2,1-5H3,(H,39,42,45)/t29-,35-/m0/s1.